The van der Waals surface area contributed by atoms with Crippen LogP contribution in [0.25, 0.3) is 44.1 Å². The Kier molecular flexibility index (Phi) is 28.2. The second kappa shape index (κ2) is 37.5. The molecule has 28 nitrogen and oxygen atoms in total. The predicted octanol–water partition coefficient (Wildman–Crippen LogP) is 13.3. The maximum Gasteiger partial charge on any atom is 0.416 e. The van der Waals surface area contributed by atoms with Gasteiger partial charge in [-0.1, -0.05) is 35.9 Å². The fourth-order valence-corrected chi connectivity index (χ4v) is 18.5. The predicted molar refractivity (Wildman–Crippen MR) is 452 cm³/mol. The molecule has 4 heterocycles. The first-order chi connectivity index (χ1) is 58.0. The largest absolute Gasteiger partial charge is 0.493 e. The molecule has 0 amide bonds. The van der Waals surface area contributed by atoms with Gasteiger partial charge >= 0.3 is 28.9 Å². The summed E-state index contributed by atoms with van der Waals surface area (Å²) < 4.78 is 246. The SMILES string of the molecule is CCOc1cc([C@H](CS(C)(=O)=O)n2c(=O)[nH]c3cc(C(F)(F)F)cc(F)c32)ccc1OC.CCOc1cc([C@H](CS(C)(=O)=O)n2c(=O)[nH]c3cc(F)cc(F)c32)ccc1OC.CCOc1cc([C@H](CS(C)(=O)=O)n2c(=O)n(C3CC3)c3cc(Cl)ccc32)ccc1OC.CCOc1cc([C@H](CS(C)(=O)=O)n2c(=O)n(C3CC3)c3cc(F)ccc32)ccc1OC. The van der Waals surface area contributed by atoms with Crippen LogP contribution in [-0.2, 0) is 45.5 Å². The molecule has 0 bridgehead atoms. The first kappa shape index (κ1) is 92.6. The molecule has 8 aromatic carbocycles. The van der Waals surface area contributed by atoms with Crippen LogP contribution >= 0.6 is 11.6 Å². The Morgan fingerprint density at radius 1 is 0.390 bits per heavy atom. The summed E-state index contributed by atoms with van der Waals surface area (Å²) in [5.41, 5.74) is -0.455. The van der Waals surface area contributed by atoms with Crippen molar-refractivity contribution in [2.45, 2.75) is 95.8 Å². The zero-order chi connectivity index (χ0) is 89.9. The Morgan fingerprint density at radius 3 is 1.02 bits per heavy atom. The lowest BCUT2D eigenvalue weighted by Crippen LogP contribution is -2.31. The summed E-state index contributed by atoms with van der Waals surface area (Å²) >= 11 is 6.22. The molecule has 0 aliphatic heterocycles. The maximum atomic E-state index is 14.8. The van der Waals surface area contributed by atoms with Crippen molar-refractivity contribution in [1.82, 2.24) is 37.4 Å². The third-order valence-corrected chi connectivity index (χ3v) is 23.9. The zero-order valence-electron chi connectivity index (χ0n) is 68.7. The standard InChI is InChI=1S/C22H25ClN2O5S.C22H25FN2O5S.C20H20F4N2O5S.C19H20F2N2O5S/c2*1-4-30-21-11-14(5-10-20(21)29-2)19(13-31(3,27)28)25-17-9-6-15(23)12-18(17)24(22(25)26)16-7-8-16;1-4-31-17-7-11(5-6-16(17)30-2)15(10-32(3,28)29)26-18-13(21)8-12(20(22,23)24)9-14(18)25-19(26)27;1-4-28-17-7-11(5-6-16(17)27-2)15(10-29(3,25)26)23-18-13(21)8-12(20)9-14(18)22-19(23)24/h2*5-6,9-12,16,19H,4,7-8,13H2,1-3H3;5-9,15H,4,10H2,1-3H3,(H,25,27);5-9,15H,4,10H2,1-3H3,(H,22,24)/t2*19-;2*15-/m0000/s1. The fraction of sp³-hybridized carbons (Fsp3) is 0.373. The first-order valence-electron chi connectivity index (χ1n) is 38.3. The van der Waals surface area contributed by atoms with Gasteiger partial charge in [0.1, 0.15) is 67.8 Å². The molecule has 4 aromatic heterocycles. The van der Waals surface area contributed by atoms with Gasteiger partial charge in [-0.25, -0.2) is 70.4 Å². The Balaban J connectivity index is 0.000000160. The molecule has 14 rings (SSSR count). The number of fused-ring (bicyclic) bond motifs is 4. The Hall–Kier alpha value is -11.2. The van der Waals surface area contributed by atoms with E-state index in [9.17, 15) is 83.6 Å². The van der Waals surface area contributed by atoms with Gasteiger partial charge in [0, 0.05) is 48.2 Å². The highest BCUT2D eigenvalue weighted by molar-refractivity contribution is 7.91. The number of hydrogen-bond donors (Lipinski definition) is 2. The number of hydrogen-bond acceptors (Lipinski definition) is 20. The molecule has 2 aliphatic rings. The van der Waals surface area contributed by atoms with Crippen molar-refractivity contribution in [2.75, 3.05) is 103 Å². The van der Waals surface area contributed by atoms with Gasteiger partial charge in [0.15, 0.2) is 51.8 Å². The molecule has 2 saturated carbocycles. The zero-order valence-corrected chi connectivity index (χ0v) is 72.7. The number of methoxy groups -OCH3 is 4. The molecule has 0 radical (unpaired) electrons. The number of rotatable bonds is 30. The number of aromatic nitrogens is 8. The molecule has 4 atom stereocenters. The molecule has 2 aliphatic carbocycles. The third kappa shape index (κ3) is 21.5. The molecule has 40 heteroatoms. The van der Waals surface area contributed by atoms with Gasteiger partial charge in [0.05, 0.1) is 141 Å². The minimum atomic E-state index is -4.83. The summed E-state index contributed by atoms with van der Waals surface area (Å²) in [5.74, 6) is -1.78. The monoisotopic (exact) mass is 1810 g/mol. The molecule has 0 unspecified atom stereocenters. The first-order valence-corrected chi connectivity index (χ1v) is 47.0. The molecular weight excluding hydrogens is 1730 g/mol. The number of halogens is 8. The van der Waals surface area contributed by atoms with Crippen molar-refractivity contribution in [3.05, 3.63) is 232 Å². The van der Waals surface area contributed by atoms with Gasteiger partial charge in [-0.05, 0) is 179 Å². The van der Waals surface area contributed by atoms with Gasteiger partial charge in [0.25, 0.3) is 0 Å². The summed E-state index contributed by atoms with van der Waals surface area (Å²) in [6, 6.07) is 27.7. The molecule has 0 spiro atoms. The lowest BCUT2D eigenvalue weighted by Gasteiger charge is -2.20. The van der Waals surface area contributed by atoms with E-state index in [1.807, 2.05) is 13.8 Å². The van der Waals surface area contributed by atoms with Crippen LogP contribution in [0.3, 0.4) is 0 Å². The Bertz CT molecular complexity index is 6510. The molecular formula is C83H90ClF7N8O20S4. The van der Waals surface area contributed by atoms with E-state index in [2.05, 4.69) is 9.97 Å². The number of nitrogens with one attached hydrogen (secondary N) is 2. The van der Waals surface area contributed by atoms with Crippen molar-refractivity contribution in [1.29, 1.82) is 0 Å². The maximum absolute atomic E-state index is 14.8. The molecule has 662 valence electrons. The second-order valence-corrected chi connectivity index (χ2v) is 38.5. The van der Waals surface area contributed by atoms with Crippen LogP contribution in [0.2, 0.25) is 5.02 Å². The quantitative estimate of drug-likeness (QED) is 0.0395. The smallest absolute Gasteiger partial charge is 0.416 e. The van der Waals surface area contributed by atoms with Gasteiger partial charge < -0.3 is 47.9 Å². The van der Waals surface area contributed by atoms with Crippen LogP contribution in [0.4, 0.5) is 30.7 Å². The number of ether oxygens (including phenoxy) is 8. The van der Waals surface area contributed by atoms with E-state index in [1.54, 1.807) is 107 Å². The number of imidazole rings is 4. The van der Waals surface area contributed by atoms with Gasteiger partial charge in [-0.3, -0.25) is 27.4 Å². The number of nitrogens with zero attached hydrogens (tertiary/aromatic N) is 6. The highest BCUT2D eigenvalue weighted by atomic mass is 35.5. The van der Waals surface area contributed by atoms with Crippen LogP contribution in [0, 0.1) is 23.3 Å². The van der Waals surface area contributed by atoms with E-state index in [0.29, 0.717) is 110 Å². The van der Waals surface area contributed by atoms with E-state index >= 15 is 0 Å². The second-order valence-electron chi connectivity index (χ2n) is 29.3. The van der Waals surface area contributed by atoms with Crippen LogP contribution in [0.15, 0.2) is 153 Å². The molecule has 12 aromatic rings. The minimum absolute atomic E-state index is 0.00628. The van der Waals surface area contributed by atoms with Gasteiger partial charge in [-0.15, -0.1) is 0 Å². The number of benzene rings is 8. The number of aromatic amines is 2. The van der Waals surface area contributed by atoms with Crippen molar-refractivity contribution >= 4 is 95.1 Å². The van der Waals surface area contributed by atoms with Crippen molar-refractivity contribution in [3.63, 3.8) is 0 Å². The normalized spacial score (nSPS) is 14.2. The van der Waals surface area contributed by atoms with Crippen LogP contribution in [0.1, 0.15) is 117 Å². The highest BCUT2D eigenvalue weighted by Crippen LogP contribution is 2.43. The topological polar surface area (TPSA) is 340 Å². The van der Waals surface area contributed by atoms with E-state index < -0.39 is 132 Å². The van der Waals surface area contributed by atoms with E-state index in [4.69, 9.17) is 49.5 Å². The van der Waals surface area contributed by atoms with E-state index in [0.717, 1.165) is 65.2 Å². The van der Waals surface area contributed by atoms with Crippen LogP contribution < -0.4 is 60.7 Å². The average molecular weight is 1820 g/mol. The number of H-pyrrole nitrogens is 2. The van der Waals surface area contributed by atoms with E-state index in [-0.39, 0.29) is 70.0 Å². The van der Waals surface area contributed by atoms with Crippen LogP contribution in [-0.4, -0.2) is 174 Å². The number of alkyl halides is 3. The summed E-state index contributed by atoms with van der Waals surface area (Å²) in [6.45, 7) is 8.61. The summed E-state index contributed by atoms with van der Waals surface area (Å²) in [6.07, 6.45) is 2.94. The summed E-state index contributed by atoms with van der Waals surface area (Å²) in [7, 11) is -8.25. The van der Waals surface area contributed by atoms with Crippen molar-refractivity contribution in [3.8, 4) is 46.0 Å². The Morgan fingerprint density at radius 2 is 0.707 bits per heavy atom. The van der Waals surface area contributed by atoms with Gasteiger partial charge in [-0.2, -0.15) is 13.2 Å². The average Bonchev–Trinajstić information content (AvgIpc) is 1.58. The van der Waals surface area contributed by atoms with Crippen molar-refractivity contribution < 1.29 is 102 Å². The highest BCUT2D eigenvalue weighted by Gasteiger charge is 2.38. The summed E-state index contributed by atoms with van der Waals surface area (Å²) in [5, 5.41) is 0.529. The number of sulfone groups is 4. The lowest BCUT2D eigenvalue weighted by molar-refractivity contribution is -0.137. The summed E-state index contributed by atoms with van der Waals surface area (Å²) in [4.78, 5) is 56.9. The molecule has 123 heavy (non-hydrogen) atoms. The molecule has 2 fully saturated rings. The Labute approximate surface area is 706 Å². The van der Waals surface area contributed by atoms with E-state index in [1.165, 1.54) is 68.6 Å². The third-order valence-electron chi connectivity index (χ3n) is 20.0. The molecule has 0 saturated heterocycles. The lowest BCUT2D eigenvalue weighted by atomic mass is 10.1. The fourth-order valence-electron chi connectivity index (χ4n) is 14.7. The molecule has 2 N–H and O–H groups in total. The minimum Gasteiger partial charge on any atom is -0.493 e. The van der Waals surface area contributed by atoms with Gasteiger partial charge in [0.2, 0.25) is 0 Å². The van der Waals surface area contributed by atoms with Crippen LogP contribution in [0.5, 0.6) is 46.0 Å². The van der Waals surface area contributed by atoms with Crippen molar-refractivity contribution in [2.24, 2.45) is 0 Å².